The summed E-state index contributed by atoms with van der Waals surface area (Å²) in [6.07, 6.45) is -5.66. The topological polar surface area (TPSA) is 132 Å². The Morgan fingerprint density at radius 3 is 2.48 bits per heavy atom. The maximum Gasteiger partial charge on any atom is 0.338 e. The lowest BCUT2D eigenvalue weighted by Gasteiger charge is -2.49. The second-order valence-corrected chi connectivity index (χ2v) is 10.6. The van der Waals surface area contributed by atoms with Crippen LogP contribution in [0.3, 0.4) is 0 Å². The summed E-state index contributed by atoms with van der Waals surface area (Å²) >= 11 is 0. The number of rotatable bonds is 7. The summed E-state index contributed by atoms with van der Waals surface area (Å²) in [6.45, 7) is 10.7. The van der Waals surface area contributed by atoms with E-state index >= 15 is 0 Å². The minimum atomic E-state index is -1.58. The van der Waals surface area contributed by atoms with E-state index in [1.807, 2.05) is 34.6 Å². The first-order valence-corrected chi connectivity index (χ1v) is 10.9. The normalized spacial score (nSPS) is 39.2. The first kappa shape index (κ1) is 24.4. The van der Waals surface area contributed by atoms with Gasteiger partial charge in [0.2, 0.25) is 6.29 Å². The molecule has 8 atom stereocenters. The van der Waals surface area contributed by atoms with Crippen molar-refractivity contribution in [3.05, 3.63) is 0 Å². The lowest BCUT2D eigenvalue weighted by molar-refractivity contribution is -0.201. The maximum absolute atomic E-state index is 12.5. The molecule has 178 valence electrons. The Morgan fingerprint density at radius 1 is 1.32 bits per heavy atom. The summed E-state index contributed by atoms with van der Waals surface area (Å²) < 4.78 is 22.8. The Balaban J connectivity index is 2.18. The van der Waals surface area contributed by atoms with Gasteiger partial charge in [-0.1, -0.05) is 34.6 Å². The van der Waals surface area contributed by atoms with Crippen LogP contribution >= 0.6 is 0 Å². The molecule has 0 radical (unpaired) electrons. The fourth-order valence-electron chi connectivity index (χ4n) is 6.09. The van der Waals surface area contributed by atoms with E-state index in [1.165, 1.54) is 6.92 Å². The molecule has 2 heterocycles. The van der Waals surface area contributed by atoms with Gasteiger partial charge in [-0.05, 0) is 23.7 Å². The molecule has 2 aliphatic heterocycles. The van der Waals surface area contributed by atoms with E-state index in [-0.39, 0.29) is 19.1 Å². The van der Waals surface area contributed by atoms with Crippen LogP contribution in [0.4, 0.5) is 0 Å². The lowest BCUT2D eigenvalue weighted by Crippen LogP contribution is -2.63. The highest BCUT2D eigenvalue weighted by molar-refractivity contribution is 5.79. The van der Waals surface area contributed by atoms with Crippen LogP contribution in [-0.2, 0) is 28.5 Å². The molecule has 0 aromatic rings. The standard InChI is InChI=1S/C22H36O9/c1-11(2)9-28-13(8-23)16(25)21-10-29-19-22(21,17(26)18(27)31-19)14(20(4,5)6)7-15(21)30-12(3)24/h11,13-17,19,23,25-26H,7-10H2,1-6H3/t13?,14-,15?,16-,17-,19?,21?,22?/m0/s1. The van der Waals surface area contributed by atoms with Gasteiger partial charge in [0, 0.05) is 13.5 Å². The third-order valence-corrected chi connectivity index (χ3v) is 7.23. The Bertz CT molecular complexity index is 702. The highest BCUT2D eigenvalue weighted by Gasteiger charge is 2.84. The van der Waals surface area contributed by atoms with Crippen LogP contribution in [-0.4, -0.2) is 77.8 Å². The van der Waals surface area contributed by atoms with Crippen molar-refractivity contribution in [1.82, 2.24) is 0 Å². The van der Waals surface area contributed by atoms with Crippen LogP contribution in [0.2, 0.25) is 0 Å². The Kier molecular flexibility index (Phi) is 6.50. The molecule has 0 aromatic carbocycles. The molecule has 1 saturated carbocycles. The van der Waals surface area contributed by atoms with E-state index in [9.17, 15) is 24.9 Å². The highest BCUT2D eigenvalue weighted by atomic mass is 16.7. The minimum Gasteiger partial charge on any atom is -0.462 e. The molecule has 3 N–H and O–H groups in total. The molecule has 9 nitrogen and oxygen atoms in total. The maximum atomic E-state index is 12.5. The van der Waals surface area contributed by atoms with Crippen LogP contribution < -0.4 is 0 Å². The summed E-state index contributed by atoms with van der Waals surface area (Å²) in [5.74, 6) is -1.62. The van der Waals surface area contributed by atoms with Gasteiger partial charge in [0.05, 0.1) is 30.1 Å². The number of esters is 2. The average Bonchev–Trinajstić information content (AvgIpc) is 3.21. The quantitative estimate of drug-likeness (QED) is 0.484. The van der Waals surface area contributed by atoms with Crippen molar-refractivity contribution in [3.8, 4) is 0 Å². The number of carbonyl (C=O) groups excluding carboxylic acids is 2. The first-order valence-electron chi connectivity index (χ1n) is 10.9. The van der Waals surface area contributed by atoms with Gasteiger partial charge in [0.25, 0.3) is 0 Å². The van der Waals surface area contributed by atoms with E-state index in [0.717, 1.165) is 0 Å². The van der Waals surface area contributed by atoms with Gasteiger partial charge in [0.1, 0.15) is 12.2 Å². The van der Waals surface area contributed by atoms with Crippen molar-refractivity contribution in [1.29, 1.82) is 0 Å². The number of aliphatic hydroxyl groups excluding tert-OH is 3. The molecule has 9 heteroatoms. The molecule has 5 unspecified atom stereocenters. The van der Waals surface area contributed by atoms with Crippen LogP contribution in [0.15, 0.2) is 0 Å². The first-order chi connectivity index (χ1) is 14.3. The highest BCUT2D eigenvalue weighted by Crippen LogP contribution is 2.72. The van der Waals surface area contributed by atoms with Gasteiger partial charge in [-0.3, -0.25) is 4.79 Å². The predicted molar refractivity (Wildman–Crippen MR) is 107 cm³/mol. The summed E-state index contributed by atoms with van der Waals surface area (Å²) in [6, 6.07) is 0. The predicted octanol–water partition coefficient (Wildman–Crippen LogP) is 0.625. The Morgan fingerprint density at radius 2 is 1.97 bits per heavy atom. The molecular formula is C22H36O9. The second kappa shape index (κ2) is 8.26. The van der Waals surface area contributed by atoms with Crippen molar-refractivity contribution in [2.75, 3.05) is 19.8 Å². The SMILES string of the molecule is CC(=O)OC1C[C@@H](C(C)(C)C)C23C(OCC12[C@@H](O)C(CO)OCC(C)C)OC(=O)[C@@H]3O. The molecule has 2 saturated heterocycles. The Hall–Kier alpha value is -1.26. The lowest BCUT2D eigenvalue weighted by atomic mass is 9.53. The fourth-order valence-corrected chi connectivity index (χ4v) is 6.09. The third-order valence-electron chi connectivity index (χ3n) is 7.23. The van der Waals surface area contributed by atoms with Gasteiger partial charge in [-0.2, -0.15) is 0 Å². The molecule has 1 spiro atoms. The van der Waals surface area contributed by atoms with E-state index in [1.54, 1.807) is 0 Å². The van der Waals surface area contributed by atoms with E-state index < -0.39 is 71.4 Å². The zero-order valence-electron chi connectivity index (χ0n) is 19.2. The molecule has 3 fully saturated rings. The molecule has 1 aliphatic carbocycles. The largest absolute Gasteiger partial charge is 0.462 e. The van der Waals surface area contributed by atoms with Crippen molar-refractivity contribution in [2.24, 2.45) is 28.1 Å². The number of aliphatic hydroxyl groups is 3. The van der Waals surface area contributed by atoms with Crippen molar-refractivity contribution in [2.45, 2.75) is 78.7 Å². The van der Waals surface area contributed by atoms with Crippen LogP contribution in [0.5, 0.6) is 0 Å². The summed E-state index contributed by atoms with van der Waals surface area (Å²) in [7, 11) is 0. The van der Waals surface area contributed by atoms with Gasteiger partial charge in [-0.15, -0.1) is 0 Å². The third kappa shape index (κ3) is 3.49. The molecule has 0 amide bonds. The Labute approximate surface area is 183 Å². The zero-order chi connectivity index (χ0) is 23.4. The van der Waals surface area contributed by atoms with Crippen LogP contribution in [0.25, 0.3) is 0 Å². The van der Waals surface area contributed by atoms with Crippen LogP contribution in [0, 0.1) is 28.1 Å². The van der Waals surface area contributed by atoms with Crippen LogP contribution in [0.1, 0.15) is 48.0 Å². The monoisotopic (exact) mass is 444 g/mol. The number of hydrogen-bond acceptors (Lipinski definition) is 9. The summed E-state index contributed by atoms with van der Waals surface area (Å²) in [4.78, 5) is 24.5. The number of hydrogen-bond donors (Lipinski definition) is 3. The van der Waals surface area contributed by atoms with Crippen molar-refractivity contribution >= 4 is 11.9 Å². The number of carbonyl (C=O) groups is 2. The minimum absolute atomic E-state index is 0.116. The molecule has 0 bridgehead atoms. The summed E-state index contributed by atoms with van der Waals surface area (Å²) in [5.41, 5.74) is -3.22. The molecule has 0 aromatic heterocycles. The van der Waals surface area contributed by atoms with E-state index in [0.29, 0.717) is 6.42 Å². The molecule has 3 aliphatic rings. The fraction of sp³-hybridized carbons (Fsp3) is 0.909. The zero-order valence-corrected chi connectivity index (χ0v) is 19.2. The van der Waals surface area contributed by atoms with Gasteiger partial charge < -0.3 is 34.3 Å². The van der Waals surface area contributed by atoms with Crippen molar-refractivity contribution < 1.29 is 43.9 Å². The average molecular weight is 445 g/mol. The van der Waals surface area contributed by atoms with E-state index in [2.05, 4.69) is 0 Å². The number of ether oxygens (including phenoxy) is 4. The van der Waals surface area contributed by atoms with Crippen molar-refractivity contribution in [3.63, 3.8) is 0 Å². The van der Waals surface area contributed by atoms with Gasteiger partial charge in [0.15, 0.2) is 6.10 Å². The smallest absolute Gasteiger partial charge is 0.338 e. The molecule has 31 heavy (non-hydrogen) atoms. The molecule has 3 rings (SSSR count). The van der Waals surface area contributed by atoms with Gasteiger partial charge in [-0.25, -0.2) is 4.79 Å². The second-order valence-electron chi connectivity index (χ2n) is 10.6. The van der Waals surface area contributed by atoms with Gasteiger partial charge >= 0.3 is 11.9 Å². The summed E-state index contributed by atoms with van der Waals surface area (Å²) in [5, 5.41) is 32.9. The molecular weight excluding hydrogens is 408 g/mol. The van der Waals surface area contributed by atoms with E-state index in [4.69, 9.17) is 18.9 Å².